The average Bonchev–Trinajstić information content (AvgIpc) is 3.09. The van der Waals surface area contributed by atoms with Crippen molar-refractivity contribution < 1.29 is 4.79 Å². The van der Waals surface area contributed by atoms with Crippen molar-refractivity contribution in [2.24, 2.45) is 0 Å². The zero-order chi connectivity index (χ0) is 17.6. The van der Waals surface area contributed by atoms with E-state index in [0.717, 1.165) is 21.8 Å². The topological polar surface area (TPSA) is 59.8 Å². The van der Waals surface area contributed by atoms with Crippen LogP contribution in [-0.4, -0.2) is 32.7 Å². The maximum absolute atomic E-state index is 12.2. The van der Waals surface area contributed by atoms with Crippen LogP contribution in [-0.2, 0) is 4.79 Å². The van der Waals surface area contributed by atoms with Crippen LogP contribution in [0.2, 0.25) is 0 Å². The average molecular weight is 371 g/mol. The van der Waals surface area contributed by atoms with Crippen molar-refractivity contribution in [2.45, 2.75) is 17.0 Å². The van der Waals surface area contributed by atoms with Crippen LogP contribution in [0.3, 0.4) is 0 Å². The number of nitrogens with one attached hydrogen (secondary N) is 1. The van der Waals surface area contributed by atoms with Crippen LogP contribution in [0.25, 0.3) is 5.69 Å². The van der Waals surface area contributed by atoms with Crippen LogP contribution in [0.1, 0.15) is 5.56 Å². The van der Waals surface area contributed by atoms with Crippen LogP contribution in [0.15, 0.2) is 64.9 Å². The van der Waals surface area contributed by atoms with Gasteiger partial charge in [-0.15, -0.1) is 22.0 Å². The Morgan fingerprint density at radius 2 is 2.04 bits per heavy atom. The minimum atomic E-state index is -0.0670. The van der Waals surface area contributed by atoms with Gasteiger partial charge in [-0.25, -0.2) is 0 Å². The smallest absolute Gasteiger partial charge is 0.234 e. The second-order valence-electron chi connectivity index (χ2n) is 5.34. The summed E-state index contributed by atoms with van der Waals surface area (Å²) in [5, 5.41) is 11.7. The molecule has 0 spiro atoms. The van der Waals surface area contributed by atoms with E-state index in [0.29, 0.717) is 5.16 Å². The van der Waals surface area contributed by atoms with Gasteiger partial charge in [-0.3, -0.25) is 9.36 Å². The fraction of sp³-hybridized carbons (Fsp3) is 0.167. The third kappa shape index (κ3) is 4.43. The Morgan fingerprint density at radius 3 is 2.84 bits per heavy atom. The Balaban J connectivity index is 1.65. The van der Waals surface area contributed by atoms with Crippen molar-refractivity contribution >= 4 is 35.1 Å². The summed E-state index contributed by atoms with van der Waals surface area (Å²) in [4.78, 5) is 13.3. The molecule has 0 aliphatic carbocycles. The Hall–Kier alpha value is -2.25. The number of hydrogen-bond acceptors (Lipinski definition) is 5. The first-order chi connectivity index (χ1) is 12.2. The number of hydrogen-bond donors (Lipinski definition) is 1. The lowest BCUT2D eigenvalue weighted by molar-refractivity contribution is -0.113. The zero-order valence-electron chi connectivity index (χ0n) is 14.0. The van der Waals surface area contributed by atoms with E-state index in [1.165, 1.54) is 11.8 Å². The molecule has 0 saturated heterocycles. The van der Waals surface area contributed by atoms with Crippen molar-refractivity contribution in [2.75, 3.05) is 17.3 Å². The first kappa shape index (κ1) is 17.6. The summed E-state index contributed by atoms with van der Waals surface area (Å²) in [7, 11) is 0. The van der Waals surface area contributed by atoms with Gasteiger partial charge in [-0.1, -0.05) is 36.0 Å². The second-order valence-corrected chi connectivity index (χ2v) is 7.16. The third-order valence-electron chi connectivity index (χ3n) is 3.58. The molecular formula is C18H18N4OS2. The van der Waals surface area contributed by atoms with Gasteiger partial charge < -0.3 is 5.32 Å². The number of rotatable bonds is 6. The number of nitrogens with zero attached hydrogens (tertiary/aromatic N) is 3. The normalized spacial score (nSPS) is 10.6. The quantitative estimate of drug-likeness (QED) is 0.664. The third-order valence-corrected chi connectivity index (χ3v) is 5.25. The number of carbonyl (C=O) groups excluding carboxylic acids is 1. The van der Waals surface area contributed by atoms with Crippen LogP contribution < -0.4 is 5.32 Å². The molecule has 0 bridgehead atoms. The summed E-state index contributed by atoms with van der Waals surface area (Å²) in [5.41, 5.74) is 2.95. The van der Waals surface area contributed by atoms with Gasteiger partial charge in [0.2, 0.25) is 5.91 Å². The highest BCUT2D eigenvalue weighted by Crippen LogP contribution is 2.23. The lowest BCUT2D eigenvalue weighted by atomic mass is 10.2. The van der Waals surface area contributed by atoms with Crippen LogP contribution >= 0.6 is 23.5 Å². The number of para-hydroxylation sites is 1. The molecular weight excluding hydrogens is 352 g/mol. The summed E-state index contributed by atoms with van der Waals surface area (Å²) in [5.74, 6) is 0.205. The lowest BCUT2D eigenvalue weighted by Crippen LogP contribution is -2.14. The monoisotopic (exact) mass is 370 g/mol. The summed E-state index contributed by atoms with van der Waals surface area (Å²) >= 11 is 3.01. The molecule has 3 rings (SSSR count). The van der Waals surface area contributed by atoms with Gasteiger partial charge in [0, 0.05) is 10.6 Å². The van der Waals surface area contributed by atoms with E-state index in [9.17, 15) is 4.79 Å². The highest BCUT2D eigenvalue weighted by molar-refractivity contribution is 7.99. The van der Waals surface area contributed by atoms with E-state index in [-0.39, 0.29) is 11.7 Å². The van der Waals surface area contributed by atoms with Gasteiger partial charge >= 0.3 is 0 Å². The van der Waals surface area contributed by atoms with E-state index in [4.69, 9.17) is 0 Å². The van der Waals surface area contributed by atoms with Gasteiger partial charge in [-0.05, 0) is 43.0 Å². The van der Waals surface area contributed by atoms with Crippen molar-refractivity contribution in [3.63, 3.8) is 0 Å². The number of benzene rings is 2. The molecule has 2 aromatic carbocycles. The molecule has 1 N–H and O–H groups in total. The fourth-order valence-electron chi connectivity index (χ4n) is 2.35. The first-order valence-electron chi connectivity index (χ1n) is 7.70. The molecule has 0 aliphatic heterocycles. The maximum Gasteiger partial charge on any atom is 0.234 e. The number of aryl methyl sites for hydroxylation is 1. The SMILES string of the molecule is CSc1cccc(NC(=O)CSc2nncn2-c2ccccc2C)c1. The van der Waals surface area contributed by atoms with E-state index in [1.807, 2.05) is 66.3 Å². The first-order valence-corrected chi connectivity index (χ1v) is 9.91. The summed E-state index contributed by atoms with van der Waals surface area (Å²) in [6.45, 7) is 2.04. The van der Waals surface area contributed by atoms with Crippen LogP contribution in [0.5, 0.6) is 0 Å². The predicted octanol–water partition coefficient (Wildman–Crippen LogP) is 4.03. The van der Waals surface area contributed by atoms with E-state index in [1.54, 1.807) is 18.1 Å². The van der Waals surface area contributed by atoms with Gasteiger partial charge in [0.25, 0.3) is 0 Å². The fourth-order valence-corrected chi connectivity index (χ4v) is 3.53. The minimum absolute atomic E-state index is 0.0670. The molecule has 128 valence electrons. The Morgan fingerprint density at radius 1 is 1.20 bits per heavy atom. The summed E-state index contributed by atoms with van der Waals surface area (Å²) < 4.78 is 1.90. The molecule has 1 amide bonds. The van der Waals surface area contributed by atoms with E-state index < -0.39 is 0 Å². The summed E-state index contributed by atoms with van der Waals surface area (Å²) in [6.07, 6.45) is 3.68. The van der Waals surface area contributed by atoms with Crippen molar-refractivity contribution in [3.05, 3.63) is 60.4 Å². The predicted molar refractivity (Wildman–Crippen MR) is 104 cm³/mol. The minimum Gasteiger partial charge on any atom is -0.325 e. The van der Waals surface area contributed by atoms with Gasteiger partial charge in [0.1, 0.15) is 6.33 Å². The largest absolute Gasteiger partial charge is 0.325 e. The Bertz CT molecular complexity index is 879. The molecule has 0 radical (unpaired) electrons. The zero-order valence-corrected chi connectivity index (χ0v) is 15.6. The maximum atomic E-state index is 12.2. The lowest BCUT2D eigenvalue weighted by Gasteiger charge is -2.09. The van der Waals surface area contributed by atoms with Crippen LogP contribution in [0.4, 0.5) is 5.69 Å². The van der Waals surface area contributed by atoms with E-state index >= 15 is 0 Å². The second kappa shape index (κ2) is 8.22. The van der Waals surface area contributed by atoms with Crippen molar-refractivity contribution in [1.82, 2.24) is 14.8 Å². The molecule has 7 heteroatoms. The standard InChI is InChI=1S/C18H18N4OS2/c1-13-6-3-4-9-16(13)22-12-19-21-18(22)25-11-17(23)20-14-7-5-8-15(10-14)24-2/h3-10,12H,11H2,1-2H3,(H,20,23). The molecule has 0 fully saturated rings. The van der Waals surface area contributed by atoms with E-state index in [2.05, 4.69) is 15.5 Å². The molecule has 1 heterocycles. The Kier molecular flexibility index (Phi) is 5.78. The number of anilines is 1. The van der Waals surface area contributed by atoms with Gasteiger partial charge in [-0.2, -0.15) is 0 Å². The van der Waals surface area contributed by atoms with Crippen molar-refractivity contribution in [3.8, 4) is 5.69 Å². The summed E-state index contributed by atoms with van der Waals surface area (Å²) in [6, 6.07) is 15.8. The molecule has 0 unspecified atom stereocenters. The molecule has 1 aromatic heterocycles. The number of carbonyl (C=O) groups is 1. The highest BCUT2D eigenvalue weighted by Gasteiger charge is 2.11. The number of aromatic nitrogens is 3. The number of amides is 1. The van der Waals surface area contributed by atoms with Gasteiger partial charge in [0.15, 0.2) is 5.16 Å². The molecule has 25 heavy (non-hydrogen) atoms. The molecule has 0 aliphatic rings. The highest BCUT2D eigenvalue weighted by atomic mass is 32.2. The molecule has 5 nitrogen and oxygen atoms in total. The van der Waals surface area contributed by atoms with Crippen LogP contribution in [0, 0.1) is 6.92 Å². The van der Waals surface area contributed by atoms with Crippen molar-refractivity contribution in [1.29, 1.82) is 0 Å². The molecule has 0 saturated carbocycles. The Labute approximate surface area is 155 Å². The van der Waals surface area contributed by atoms with Gasteiger partial charge in [0.05, 0.1) is 11.4 Å². The number of thioether (sulfide) groups is 2. The molecule has 0 atom stereocenters. The molecule has 3 aromatic rings.